The fourth-order valence-corrected chi connectivity index (χ4v) is 3.18. The molecule has 1 amide bonds. The van der Waals surface area contributed by atoms with Crippen LogP contribution in [0.15, 0.2) is 0 Å². The monoisotopic (exact) mass is 299 g/mol. The van der Waals surface area contributed by atoms with E-state index in [9.17, 15) is 14.7 Å². The molecule has 2 atom stereocenters. The number of carboxylic acids is 1. The Morgan fingerprint density at radius 1 is 1.29 bits per heavy atom. The van der Waals surface area contributed by atoms with Gasteiger partial charge in [0.05, 0.1) is 12.5 Å². The van der Waals surface area contributed by atoms with E-state index >= 15 is 0 Å². The van der Waals surface area contributed by atoms with Crippen LogP contribution in [0.25, 0.3) is 0 Å². The molecular weight excluding hydrogens is 274 g/mol. The predicted molar refractivity (Wildman–Crippen MR) is 75.1 cm³/mol. The summed E-state index contributed by atoms with van der Waals surface area (Å²) < 4.78 is 5.42. The van der Waals surface area contributed by atoms with Crippen molar-refractivity contribution in [3.8, 4) is 0 Å². The third-order valence-electron chi connectivity index (χ3n) is 4.35. The number of carboxylic acid groups (broad SMARTS) is 1. The minimum absolute atomic E-state index is 0.0925. The highest BCUT2D eigenvalue weighted by atomic mass is 16.8. The standard InChI is InChI=1S/C15H25NO5/c17-11-16(21-14-7-3-4-8-20-14)10-13(15(18)19)9-12-5-1-2-6-12/h11-14H,1-10H2,(H,18,19). The van der Waals surface area contributed by atoms with E-state index in [2.05, 4.69) is 0 Å². The number of carbonyl (C=O) groups is 2. The molecule has 2 unspecified atom stereocenters. The van der Waals surface area contributed by atoms with E-state index in [1.165, 1.54) is 12.8 Å². The topological polar surface area (TPSA) is 76.1 Å². The van der Waals surface area contributed by atoms with Crippen molar-refractivity contribution in [1.82, 2.24) is 5.06 Å². The van der Waals surface area contributed by atoms with E-state index in [0.29, 0.717) is 25.4 Å². The minimum atomic E-state index is -0.859. The average Bonchev–Trinajstić information content (AvgIpc) is 2.99. The summed E-state index contributed by atoms with van der Waals surface area (Å²) in [5.74, 6) is -0.964. The average molecular weight is 299 g/mol. The molecule has 1 heterocycles. The van der Waals surface area contributed by atoms with Crippen molar-refractivity contribution in [3.63, 3.8) is 0 Å². The van der Waals surface area contributed by atoms with E-state index in [4.69, 9.17) is 9.57 Å². The summed E-state index contributed by atoms with van der Waals surface area (Å²) in [4.78, 5) is 28.0. The first-order chi connectivity index (χ1) is 10.2. The minimum Gasteiger partial charge on any atom is -0.481 e. The molecule has 2 fully saturated rings. The van der Waals surface area contributed by atoms with E-state index in [0.717, 1.165) is 37.2 Å². The van der Waals surface area contributed by atoms with Crippen molar-refractivity contribution in [2.45, 2.75) is 57.7 Å². The maximum Gasteiger partial charge on any atom is 0.308 e. The molecule has 6 nitrogen and oxygen atoms in total. The van der Waals surface area contributed by atoms with Crippen LogP contribution >= 0.6 is 0 Å². The van der Waals surface area contributed by atoms with Crippen molar-refractivity contribution >= 4 is 12.4 Å². The van der Waals surface area contributed by atoms with Crippen LogP contribution in [-0.2, 0) is 19.2 Å². The molecule has 0 radical (unpaired) electrons. The number of carbonyl (C=O) groups excluding carboxylic acids is 1. The molecule has 0 aromatic rings. The Morgan fingerprint density at radius 2 is 2.00 bits per heavy atom. The van der Waals surface area contributed by atoms with Crippen LogP contribution in [-0.4, -0.2) is 42.0 Å². The van der Waals surface area contributed by atoms with Crippen LogP contribution in [0.1, 0.15) is 51.4 Å². The summed E-state index contributed by atoms with van der Waals surface area (Å²) in [6.07, 6.45) is 8.05. The Kier molecular flexibility index (Phi) is 6.45. The molecule has 1 aliphatic heterocycles. The molecule has 0 aromatic carbocycles. The van der Waals surface area contributed by atoms with Gasteiger partial charge in [0, 0.05) is 13.0 Å². The van der Waals surface area contributed by atoms with Gasteiger partial charge in [0.15, 0.2) is 6.29 Å². The summed E-state index contributed by atoms with van der Waals surface area (Å²) in [5.41, 5.74) is 0. The van der Waals surface area contributed by atoms with Crippen LogP contribution in [0.5, 0.6) is 0 Å². The van der Waals surface area contributed by atoms with Crippen molar-refractivity contribution in [1.29, 1.82) is 0 Å². The Hall–Kier alpha value is -1.14. The van der Waals surface area contributed by atoms with Crippen molar-refractivity contribution in [2.75, 3.05) is 13.2 Å². The molecule has 1 aliphatic carbocycles. The number of rotatable bonds is 8. The van der Waals surface area contributed by atoms with Gasteiger partial charge in [0.1, 0.15) is 0 Å². The van der Waals surface area contributed by atoms with Crippen LogP contribution in [0.4, 0.5) is 0 Å². The first-order valence-corrected chi connectivity index (χ1v) is 7.92. The lowest BCUT2D eigenvalue weighted by atomic mass is 9.93. The molecule has 0 spiro atoms. The largest absolute Gasteiger partial charge is 0.481 e. The second-order valence-electron chi connectivity index (χ2n) is 6.03. The first-order valence-electron chi connectivity index (χ1n) is 7.92. The summed E-state index contributed by atoms with van der Waals surface area (Å²) in [6.45, 7) is 0.719. The van der Waals surface area contributed by atoms with Gasteiger partial charge in [-0.15, -0.1) is 0 Å². The van der Waals surface area contributed by atoms with Gasteiger partial charge in [-0.3, -0.25) is 9.59 Å². The summed E-state index contributed by atoms with van der Waals surface area (Å²) in [6, 6.07) is 0. The summed E-state index contributed by atoms with van der Waals surface area (Å²) in [7, 11) is 0. The van der Waals surface area contributed by atoms with Gasteiger partial charge in [0.2, 0.25) is 6.41 Å². The number of aliphatic carboxylic acids is 1. The Morgan fingerprint density at radius 3 is 2.57 bits per heavy atom. The number of hydrogen-bond donors (Lipinski definition) is 1. The zero-order valence-electron chi connectivity index (χ0n) is 12.4. The molecule has 1 saturated carbocycles. The third-order valence-corrected chi connectivity index (χ3v) is 4.35. The molecule has 1 N–H and O–H groups in total. The quantitative estimate of drug-likeness (QED) is 0.549. The van der Waals surface area contributed by atoms with Crippen LogP contribution in [0.2, 0.25) is 0 Å². The third kappa shape index (κ3) is 5.28. The number of hydrogen-bond acceptors (Lipinski definition) is 4. The molecule has 2 aliphatic rings. The Bertz CT molecular complexity index is 337. The van der Waals surface area contributed by atoms with Crippen LogP contribution < -0.4 is 0 Å². The molecule has 2 rings (SSSR count). The van der Waals surface area contributed by atoms with E-state index < -0.39 is 18.2 Å². The Labute approximate surface area is 125 Å². The first kappa shape index (κ1) is 16.2. The lowest BCUT2D eigenvalue weighted by Crippen LogP contribution is -2.38. The van der Waals surface area contributed by atoms with Crippen LogP contribution in [0.3, 0.4) is 0 Å². The van der Waals surface area contributed by atoms with Gasteiger partial charge in [-0.25, -0.2) is 9.90 Å². The second-order valence-corrected chi connectivity index (χ2v) is 6.03. The van der Waals surface area contributed by atoms with Gasteiger partial charge in [-0.05, 0) is 25.2 Å². The number of amides is 1. The smallest absolute Gasteiger partial charge is 0.308 e. The molecule has 120 valence electrons. The molecule has 0 bridgehead atoms. The van der Waals surface area contributed by atoms with E-state index in [1.54, 1.807) is 0 Å². The fraction of sp³-hybridized carbons (Fsp3) is 0.867. The molecule has 21 heavy (non-hydrogen) atoms. The maximum absolute atomic E-state index is 11.4. The van der Waals surface area contributed by atoms with Gasteiger partial charge in [-0.1, -0.05) is 25.7 Å². The lowest BCUT2D eigenvalue weighted by molar-refractivity contribution is -0.276. The second kappa shape index (κ2) is 8.34. The molecule has 6 heteroatoms. The predicted octanol–water partition coefficient (Wildman–Crippen LogP) is 2.18. The molecule has 1 saturated heterocycles. The van der Waals surface area contributed by atoms with Crippen molar-refractivity contribution < 1.29 is 24.3 Å². The fourth-order valence-electron chi connectivity index (χ4n) is 3.18. The summed E-state index contributed by atoms with van der Waals surface area (Å²) >= 11 is 0. The highest BCUT2D eigenvalue weighted by Gasteiger charge is 2.28. The van der Waals surface area contributed by atoms with Gasteiger partial charge >= 0.3 is 5.97 Å². The zero-order valence-corrected chi connectivity index (χ0v) is 12.4. The number of nitrogens with zero attached hydrogens (tertiary/aromatic N) is 1. The van der Waals surface area contributed by atoms with Gasteiger partial charge in [-0.2, -0.15) is 0 Å². The van der Waals surface area contributed by atoms with E-state index in [1.807, 2.05) is 0 Å². The molecule has 0 aromatic heterocycles. The highest BCUT2D eigenvalue weighted by molar-refractivity contribution is 5.70. The van der Waals surface area contributed by atoms with Crippen LogP contribution in [0, 0.1) is 11.8 Å². The number of hydroxylamine groups is 2. The number of ether oxygens (including phenoxy) is 1. The zero-order chi connectivity index (χ0) is 15.1. The van der Waals surface area contributed by atoms with Gasteiger partial charge < -0.3 is 9.84 Å². The van der Waals surface area contributed by atoms with Crippen molar-refractivity contribution in [2.24, 2.45) is 11.8 Å². The normalized spacial score (nSPS) is 24.7. The van der Waals surface area contributed by atoms with E-state index in [-0.39, 0.29) is 6.54 Å². The molecular formula is C15H25NO5. The lowest BCUT2D eigenvalue weighted by Gasteiger charge is -2.29. The maximum atomic E-state index is 11.4. The Balaban J connectivity index is 1.83. The summed E-state index contributed by atoms with van der Waals surface area (Å²) in [5, 5.41) is 10.5. The SMILES string of the molecule is O=CN(CC(CC1CCCC1)C(=O)O)OC1CCCCO1. The van der Waals surface area contributed by atoms with Crippen molar-refractivity contribution in [3.05, 3.63) is 0 Å². The highest BCUT2D eigenvalue weighted by Crippen LogP contribution is 2.30. The van der Waals surface area contributed by atoms with Gasteiger partial charge in [0.25, 0.3) is 0 Å².